The zero-order chi connectivity index (χ0) is 10.3. The van der Waals surface area contributed by atoms with E-state index < -0.39 is 11.7 Å². The van der Waals surface area contributed by atoms with Crippen molar-refractivity contribution in [1.82, 2.24) is 9.61 Å². The lowest BCUT2D eigenvalue weighted by molar-refractivity contribution is -0.137. The Hall–Kier alpha value is -1.46. The van der Waals surface area contributed by atoms with Crippen molar-refractivity contribution in [2.45, 2.75) is 6.18 Å². The van der Waals surface area contributed by atoms with E-state index in [1.807, 2.05) is 0 Å². The molecular weight excluding hydrogens is 192 g/mol. The summed E-state index contributed by atoms with van der Waals surface area (Å²) in [5, 5.41) is 3.77. The summed E-state index contributed by atoms with van der Waals surface area (Å²) in [6.07, 6.45) is -1.80. The molecule has 2 rings (SSSR count). The van der Waals surface area contributed by atoms with E-state index >= 15 is 0 Å². The van der Waals surface area contributed by atoms with Crippen LogP contribution < -0.4 is 5.46 Å². The molecule has 0 aliphatic rings. The number of halogens is 3. The SMILES string of the molecule is [B]c1cnn2ccc(C(F)(F)F)cc12. The van der Waals surface area contributed by atoms with Crippen LogP contribution in [-0.2, 0) is 6.18 Å². The third kappa shape index (κ3) is 1.36. The molecule has 0 saturated heterocycles. The van der Waals surface area contributed by atoms with E-state index in [-0.39, 0.29) is 11.0 Å². The molecule has 0 aromatic carbocycles. The van der Waals surface area contributed by atoms with Crippen molar-refractivity contribution in [3.05, 3.63) is 30.1 Å². The van der Waals surface area contributed by atoms with Crippen LogP contribution in [0.5, 0.6) is 0 Å². The number of aromatic nitrogens is 2. The first-order valence-corrected chi connectivity index (χ1v) is 3.78. The lowest BCUT2D eigenvalue weighted by atomic mass is 9.98. The molecule has 0 spiro atoms. The highest BCUT2D eigenvalue weighted by atomic mass is 19.4. The van der Waals surface area contributed by atoms with Crippen molar-refractivity contribution in [2.75, 3.05) is 0 Å². The number of rotatable bonds is 0. The minimum absolute atomic E-state index is 0.233. The van der Waals surface area contributed by atoms with Gasteiger partial charge in [0.2, 0.25) is 0 Å². The first kappa shape index (κ1) is 9.11. The maximum absolute atomic E-state index is 12.3. The number of nitrogens with zero attached hydrogens (tertiary/aromatic N) is 2. The van der Waals surface area contributed by atoms with Crippen LogP contribution >= 0.6 is 0 Å². The molecule has 14 heavy (non-hydrogen) atoms. The van der Waals surface area contributed by atoms with Crippen LogP contribution in [-0.4, -0.2) is 17.5 Å². The van der Waals surface area contributed by atoms with Gasteiger partial charge in [0.25, 0.3) is 0 Å². The van der Waals surface area contributed by atoms with Crippen LogP contribution in [0.25, 0.3) is 5.52 Å². The van der Waals surface area contributed by atoms with E-state index in [4.69, 9.17) is 7.85 Å². The lowest BCUT2D eigenvalue weighted by Crippen LogP contribution is -2.07. The molecule has 0 N–H and O–H groups in total. The Bertz CT molecular complexity index is 475. The van der Waals surface area contributed by atoms with Crippen LogP contribution in [0.1, 0.15) is 5.56 Å². The summed E-state index contributed by atoms with van der Waals surface area (Å²) in [6, 6.07) is 1.93. The van der Waals surface area contributed by atoms with Crippen molar-refractivity contribution in [3.63, 3.8) is 0 Å². The highest BCUT2D eigenvalue weighted by Crippen LogP contribution is 2.29. The van der Waals surface area contributed by atoms with Gasteiger partial charge < -0.3 is 0 Å². The fraction of sp³-hybridized carbons (Fsp3) is 0.125. The summed E-state index contributed by atoms with van der Waals surface area (Å²) in [4.78, 5) is 0. The summed E-state index contributed by atoms with van der Waals surface area (Å²) >= 11 is 0. The monoisotopic (exact) mass is 196 g/mol. The summed E-state index contributed by atoms with van der Waals surface area (Å²) in [5.74, 6) is 0. The third-order valence-electron chi connectivity index (χ3n) is 1.88. The number of hydrogen-bond donors (Lipinski definition) is 0. The van der Waals surface area contributed by atoms with Gasteiger partial charge in [0.1, 0.15) is 7.85 Å². The quantitative estimate of drug-likeness (QED) is 0.577. The highest BCUT2D eigenvalue weighted by molar-refractivity contribution is 6.36. The fourth-order valence-corrected chi connectivity index (χ4v) is 1.18. The van der Waals surface area contributed by atoms with Crippen LogP contribution in [0.3, 0.4) is 0 Å². The predicted octanol–water partition coefficient (Wildman–Crippen LogP) is 1.15. The van der Waals surface area contributed by atoms with E-state index in [9.17, 15) is 13.2 Å². The molecule has 2 heterocycles. The fourth-order valence-electron chi connectivity index (χ4n) is 1.18. The number of alkyl halides is 3. The number of fused-ring (bicyclic) bond motifs is 1. The molecule has 0 aliphatic heterocycles. The van der Waals surface area contributed by atoms with Gasteiger partial charge in [-0.1, -0.05) is 5.46 Å². The first-order valence-electron chi connectivity index (χ1n) is 3.78. The average Bonchev–Trinajstić information content (AvgIpc) is 2.46. The molecule has 2 radical (unpaired) electrons. The highest BCUT2D eigenvalue weighted by Gasteiger charge is 2.30. The van der Waals surface area contributed by atoms with Crippen molar-refractivity contribution in [2.24, 2.45) is 0 Å². The minimum Gasteiger partial charge on any atom is -0.242 e. The van der Waals surface area contributed by atoms with E-state index in [1.54, 1.807) is 0 Å². The largest absolute Gasteiger partial charge is 0.416 e. The minimum atomic E-state index is -4.35. The standard InChI is InChI=1S/C8H4BF3N2/c9-6-4-13-14-2-1-5(3-7(6)14)8(10,11)12/h1-4H. The Morgan fingerprint density at radius 3 is 2.71 bits per heavy atom. The molecule has 0 atom stereocenters. The van der Waals surface area contributed by atoms with Gasteiger partial charge in [-0.2, -0.15) is 18.3 Å². The van der Waals surface area contributed by atoms with Crippen LogP contribution in [0.15, 0.2) is 24.5 Å². The summed E-state index contributed by atoms with van der Waals surface area (Å²) in [7, 11) is 5.44. The maximum Gasteiger partial charge on any atom is 0.416 e. The third-order valence-corrected chi connectivity index (χ3v) is 1.88. The van der Waals surface area contributed by atoms with Crippen molar-refractivity contribution < 1.29 is 13.2 Å². The van der Waals surface area contributed by atoms with Gasteiger partial charge in [-0.05, 0) is 12.1 Å². The first-order chi connectivity index (χ1) is 6.48. The average molecular weight is 196 g/mol. The van der Waals surface area contributed by atoms with Crippen molar-refractivity contribution >= 4 is 18.8 Å². The van der Waals surface area contributed by atoms with Crippen LogP contribution in [0.4, 0.5) is 13.2 Å². The van der Waals surface area contributed by atoms with Gasteiger partial charge in [-0.15, -0.1) is 0 Å². The van der Waals surface area contributed by atoms with Crippen LogP contribution in [0.2, 0.25) is 0 Å². The Morgan fingerprint density at radius 2 is 2.07 bits per heavy atom. The Kier molecular flexibility index (Phi) is 1.80. The van der Waals surface area contributed by atoms with Gasteiger partial charge in [-0.3, -0.25) is 0 Å². The molecule has 2 aromatic heterocycles. The van der Waals surface area contributed by atoms with Crippen molar-refractivity contribution in [1.29, 1.82) is 0 Å². The summed E-state index contributed by atoms with van der Waals surface area (Å²) in [5.41, 5.74) is -0.229. The topological polar surface area (TPSA) is 17.3 Å². The second-order valence-corrected chi connectivity index (χ2v) is 2.84. The normalized spacial score (nSPS) is 12.2. The molecular formula is C8H4BF3N2. The van der Waals surface area contributed by atoms with Gasteiger partial charge >= 0.3 is 6.18 Å². The smallest absolute Gasteiger partial charge is 0.242 e. The van der Waals surface area contributed by atoms with E-state index in [2.05, 4.69) is 5.10 Å². The molecule has 0 saturated carbocycles. The molecule has 0 fully saturated rings. The van der Waals surface area contributed by atoms with Crippen molar-refractivity contribution in [3.8, 4) is 0 Å². The molecule has 0 bridgehead atoms. The molecule has 0 amide bonds. The molecule has 2 nitrogen and oxygen atoms in total. The zero-order valence-electron chi connectivity index (χ0n) is 6.92. The van der Waals surface area contributed by atoms with Gasteiger partial charge in [0.15, 0.2) is 0 Å². The summed E-state index contributed by atoms with van der Waals surface area (Å²) < 4.78 is 38.1. The predicted molar refractivity (Wildman–Crippen MR) is 45.6 cm³/mol. The number of hydrogen-bond acceptors (Lipinski definition) is 1. The molecule has 6 heteroatoms. The summed E-state index contributed by atoms with van der Waals surface area (Å²) in [6.45, 7) is 0. The molecule has 0 unspecified atom stereocenters. The van der Waals surface area contributed by atoms with Gasteiger partial charge in [0.05, 0.1) is 11.1 Å². The lowest BCUT2D eigenvalue weighted by Gasteiger charge is -2.06. The Balaban J connectivity index is 2.66. The molecule has 2 aromatic rings. The van der Waals surface area contributed by atoms with Gasteiger partial charge in [0, 0.05) is 12.4 Å². The van der Waals surface area contributed by atoms with E-state index in [0.717, 1.165) is 12.1 Å². The second-order valence-electron chi connectivity index (χ2n) is 2.84. The number of pyridine rings is 1. The van der Waals surface area contributed by atoms with E-state index in [0.29, 0.717) is 0 Å². The van der Waals surface area contributed by atoms with E-state index in [1.165, 1.54) is 16.9 Å². The zero-order valence-corrected chi connectivity index (χ0v) is 6.92. The maximum atomic E-state index is 12.3. The Morgan fingerprint density at radius 1 is 1.36 bits per heavy atom. The van der Waals surface area contributed by atoms with Crippen LogP contribution in [0, 0.1) is 0 Å². The van der Waals surface area contributed by atoms with Gasteiger partial charge in [-0.25, -0.2) is 4.52 Å². The second kappa shape index (κ2) is 2.77. The molecule has 70 valence electrons. The molecule has 0 aliphatic carbocycles. The Labute approximate surface area is 78.8 Å².